The summed E-state index contributed by atoms with van der Waals surface area (Å²) in [6.45, 7) is -1.29. The van der Waals surface area contributed by atoms with Gasteiger partial charge in [0.2, 0.25) is 9.84 Å². The molecular weight excluding hydrogens is 435 g/mol. The highest BCUT2D eigenvalue weighted by Gasteiger charge is 2.44. The van der Waals surface area contributed by atoms with Gasteiger partial charge in [-0.3, -0.25) is 9.78 Å². The molecule has 0 aliphatic heterocycles. The fourth-order valence-corrected chi connectivity index (χ4v) is 2.98. The summed E-state index contributed by atoms with van der Waals surface area (Å²) in [7, 11) is -4.70. The van der Waals surface area contributed by atoms with Crippen LogP contribution >= 0.6 is 0 Å². The van der Waals surface area contributed by atoms with E-state index in [0.29, 0.717) is 17.4 Å². The van der Waals surface area contributed by atoms with Crippen LogP contribution in [0, 0.1) is 0 Å². The normalized spacial score (nSPS) is 14.4. The van der Waals surface area contributed by atoms with Crippen LogP contribution in [-0.2, 0) is 19.9 Å². The smallest absolute Gasteiger partial charge is 0.386 e. The molecule has 0 radical (unpaired) electrons. The van der Waals surface area contributed by atoms with Crippen LogP contribution in [0.3, 0.4) is 0 Å². The Labute approximate surface area is 168 Å². The number of hydrogen-bond acceptors (Lipinski definition) is 5. The molecule has 1 heterocycles. The molecule has 2 unspecified atom stereocenters. The second-order valence-corrected chi connectivity index (χ2v) is 8.42. The lowest BCUT2D eigenvalue weighted by Gasteiger charge is -2.22. The molecule has 0 aliphatic carbocycles. The van der Waals surface area contributed by atoms with Gasteiger partial charge < -0.3 is 10.4 Å². The van der Waals surface area contributed by atoms with Crippen molar-refractivity contribution in [1.82, 2.24) is 10.3 Å². The summed E-state index contributed by atoms with van der Waals surface area (Å²) in [5.74, 6) is -1.72. The van der Waals surface area contributed by atoms with Gasteiger partial charge in [0.05, 0.1) is 6.04 Å². The minimum absolute atomic E-state index is 0.115. The molecular formula is C18H17F5N2O4S. The van der Waals surface area contributed by atoms with E-state index in [1.165, 1.54) is 30.3 Å². The van der Waals surface area contributed by atoms with Crippen molar-refractivity contribution in [2.45, 2.75) is 23.8 Å². The molecule has 6 nitrogen and oxygen atoms in total. The number of halogens is 5. The number of carbonyl (C=O) groups excluding carboxylic acids is 1. The molecule has 2 atom stereocenters. The Morgan fingerprint density at radius 2 is 1.70 bits per heavy atom. The van der Waals surface area contributed by atoms with Gasteiger partial charge in [-0.1, -0.05) is 30.3 Å². The summed E-state index contributed by atoms with van der Waals surface area (Å²) in [5.41, 5.74) is -0.0382. The van der Waals surface area contributed by atoms with E-state index in [4.69, 9.17) is 0 Å². The average Bonchev–Trinajstić information content (AvgIpc) is 2.70. The maximum atomic E-state index is 13.8. The number of hydrogen-bond donors (Lipinski definition) is 2. The van der Waals surface area contributed by atoms with Crippen LogP contribution in [-0.4, -0.2) is 49.8 Å². The number of alkyl halides is 5. The van der Waals surface area contributed by atoms with Crippen LogP contribution in [0.15, 0.2) is 42.6 Å². The summed E-state index contributed by atoms with van der Waals surface area (Å²) in [6.07, 6.45) is -3.55. The van der Waals surface area contributed by atoms with Crippen molar-refractivity contribution in [3.8, 4) is 11.1 Å². The molecule has 0 aliphatic rings. The number of nitrogens with one attached hydrogen (secondary N) is 1. The second kappa shape index (κ2) is 9.04. The molecule has 0 saturated heterocycles. The zero-order valence-corrected chi connectivity index (χ0v) is 16.2. The first-order valence-electron chi connectivity index (χ1n) is 8.35. The number of sulfone groups is 1. The molecule has 1 aromatic carbocycles. The minimum Gasteiger partial charge on any atom is -0.386 e. The molecule has 2 N–H and O–H groups in total. The van der Waals surface area contributed by atoms with E-state index in [0.717, 1.165) is 12.3 Å². The zero-order valence-electron chi connectivity index (χ0n) is 15.4. The van der Waals surface area contributed by atoms with Crippen molar-refractivity contribution in [3.05, 3.63) is 53.9 Å². The number of pyridine rings is 1. The third-order valence-corrected chi connectivity index (χ3v) is 5.33. The van der Waals surface area contributed by atoms with E-state index in [-0.39, 0.29) is 5.56 Å². The highest BCUT2D eigenvalue weighted by atomic mass is 32.2. The molecule has 1 amide bonds. The monoisotopic (exact) mass is 452 g/mol. The Morgan fingerprint density at radius 1 is 1.13 bits per heavy atom. The SMILES string of the molecule is CS(=O)(=O)C(F)(F)c1ccc(-c2ccc(C(O)C(CF)NC(=O)C(F)F)cc2)cn1. The van der Waals surface area contributed by atoms with Crippen molar-refractivity contribution < 1.29 is 40.3 Å². The number of aromatic nitrogens is 1. The number of aliphatic hydroxyl groups is 1. The van der Waals surface area contributed by atoms with Crippen molar-refractivity contribution in [2.75, 3.05) is 12.9 Å². The highest BCUT2D eigenvalue weighted by molar-refractivity contribution is 7.91. The quantitative estimate of drug-likeness (QED) is 0.601. The molecule has 30 heavy (non-hydrogen) atoms. The summed E-state index contributed by atoms with van der Waals surface area (Å²) in [5, 5.41) is 7.67. The van der Waals surface area contributed by atoms with E-state index in [1.54, 1.807) is 5.32 Å². The van der Waals surface area contributed by atoms with E-state index in [9.17, 15) is 40.3 Å². The highest BCUT2D eigenvalue weighted by Crippen LogP contribution is 2.33. The first kappa shape index (κ1) is 23.7. The molecule has 0 fully saturated rings. The third-order valence-electron chi connectivity index (χ3n) is 4.19. The molecule has 0 spiro atoms. The molecule has 164 valence electrons. The van der Waals surface area contributed by atoms with Gasteiger partial charge in [0.1, 0.15) is 18.5 Å². The van der Waals surface area contributed by atoms with Crippen LogP contribution < -0.4 is 5.32 Å². The Bertz CT molecular complexity index is 983. The summed E-state index contributed by atoms with van der Waals surface area (Å²) in [4.78, 5) is 14.5. The number of rotatable bonds is 8. The van der Waals surface area contributed by atoms with Gasteiger partial charge >= 0.3 is 11.7 Å². The van der Waals surface area contributed by atoms with E-state index < -0.39 is 51.9 Å². The average molecular weight is 452 g/mol. The second-order valence-electron chi connectivity index (χ2n) is 6.36. The van der Waals surface area contributed by atoms with Gasteiger partial charge in [-0.15, -0.1) is 0 Å². The predicted octanol–water partition coefficient (Wildman–Crippen LogP) is 2.60. The Kier molecular flexibility index (Phi) is 7.14. The topological polar surface area (TPSA) is 96.4 Å². The van der Waals surface area contributed by atoms with Gasteiger partial charge in [0.25, 0.3) is 5.91 Å². The third kappa shape index (κ3) is 5.11. The van der Waals surface area contributed by atoms with Gasteiger partial charge in [-0.05, 0) is 17.2 Å². The first-order valence-corrected chi connectivity index (χ1v) is 10.2. The van der Waals surface area contributed by atoms with Crippen LogP contribution in [0.5, 0.6) is 0 Å². The fourth-order valence-electron chi connectivity index (χ4n) is 2.48. The van der Waals surface area contributed by atoms with Crippen LogP contribution in [0.2, 0.25) is 0 Å². The largest absolute Gasteiger partial charge is 0.386 e. The minimum atomic E-state index is -4.70. The summed E-state index contributed by atoms with van der Waals surface area (Å²) >= 11 is 0. The van der Waals surface area contributed by atoms with Crippen molar-refractivity contribution >= 4 is 15.7 Å². The van der Waals surface area contributed by atoms with Gasteiger partial charge in [0.15, 0.2) is 0 Å². The van der Waals surface area contributed by atoms with Crippen LogP contribution in [0.4, 0.5) is 22.0 Å². The molecule has 2 rings (SSSR count). The van der Waals surface area contributed by atoms with E-state index in [2.05, 4.69) is 4.98 Å². The number of aliphatic hydroxyl groups excluding tert-OH is 1. The Balaban J connectivity index is 2.20. The van der Waals surface area contributed by atoms with Crippen molar-refractivity contribution in [3.63, 3.8) is 0 Å². The zero-order chi connectivity index (χ0) is 22.7. The van der Waals surface area contributed by atoms with Gasteiger partial charge in [0, 0.05) is 18.0 Å². The number of nitrogens with zero attached hydrogens (tertiary/aromatic N) is 1. The number of amides is 1. The van der Waals surface area contributed by atoms with E-state index >= 15 is 0 Å². The van der Waals surface area contributed by atoms with Crippen molar-refractivity contribution in [2.24, 2.45) is 0 Å². The maximum absolute atomic E-state index is 13.8. The lowest BCUT2D eigenvalue weighted by molar-refractivity contribution is -0.133. The van der Waals surface area contributed by atoms with Crippen molar-refractivity contribution in [1.29, 1.82) is 0 Å². The van der Waals surface area contributed by atoms with Crippen LogP contribution in [0.1, 0.15) is 17.4 Å². The molecule has 12 heteroatoms. The fraction of sp³-hybridized carbons (Fsp3) is 0.333. The summed E-state index contributed by atoms with van der Waals surface area (Å²) in [6, 6.07) is 6.00. The standard InChI is InChI=1S/C18H17F5N2O4S/c1-30(28,29)18(22,23)14-7-6-12(9-24-14)10-2-4-11(5-3-10)15(26)13(8-19)25-17(27)16(20)21/h2-7,9,13,15-16,26H,8H2,1H3,(H,25,27). The summed E-state index contributed by atoms with van der Waals surface area (Å²) < 4.78 is 87.6. The molecule has 0 bridgehead atoms. The number of benzene rings is 1. The molecule has 1 aromatic heterocycles. The van der Waals surface area contributed by atoms with Gasteiger partial charge in [-0.2, -0.15) is 17.6 Å². The predicted molar refractivity (Wildman–Crippen MR) is 97.3 cm³/mol. The lowest BCUT2D eigenvalue weighted by Crippen LogP contribution is -2.43. The molecule has 0 saturated carbocycles. The Morgan fingerprint density at radius 3 is 2.13 bits per heavy atom. The maximum Gasteiger partial charge on any atom is 0.386 e. The Hall–Kier alpha value is -2.60. The van der Waals surface area contributed by atoms with Gasteiger partial charge in [-0.25, -0.2) is 12.8 Å². The lowest BCUT2D eigenvalue weighted by atomic mass is 9.99. The van der Waals surface area contributed by atoms with E-state index in [1.807, 2.05) is 0 Å². The first-order chi connectivity index (χ1) is 13.9. The molecule has 2 aromatic rings. The van der Waals surface area contributed by atoms with Crippen LogP contribution in [0.25, 0.3) is 11.1 Å². The number of carbonyl (C=O) groups is 1.